The van der Waals surface area contributed by atoms with Crippen molar-refractivity contribution >= 4 is 28.3 Å². The minimum Gasteiger partial charge on any atom is -0.368 e. The highest BCUT2D eigenvalue weighted by Crippen LogP contribution is 2.34. The Morgan fingerprint density at radius 3 is 2.08 bits per heavy atom. The van der Waals surface area contributed by atoms with E-state index in [0.717, 1.165) is 48.0 Å². The van der Waals surface area contributed by atoms with Crippen molar-refractivity contribution in [3.63, 3.8) is 0 Å². The smallest absolute Gasteiger partial charge is 0.171 e. The van der Waals surface area contributed by atoms with Crippen molar-refractivity contribution < 1.29 is 4.79 Å². The van der Waals surface area contributed by atoms with Gasteiger partial charge in [-0.05, 0) is 12.1 Å². The van der Waals surface area contributed by atoms with Gasteiger partial charge in [0.05, 0.1) is 0 Å². The van der Waals surface area contributed by atoms with Crippen LogP contribution in [0.2, 0.25) is 0 Å². The number of para-hydroxylation sites is 1. The number of aldehydes is 1. The first-order chi connectivity index (χ1) is 12.3. The molecule has 3 aromatic rings. The van der Waals surface area contributed by atoms with E-state index in [2.05, 4.69) is 39.0 Å². The lowest BCUT2D eigenvalue weighted by molar-refractivity contribution is 0.112. The first-order valence-electron chi connectivity index (χ1n) is 8.41. The summed E-state index contributed by atoms with van der Waals surface area (Å²) >= 11 is 1.61. The molecule has 0 spiro atoms. The van der Waals surface area contributed by atoms with Gasteiger partial charge in [-0.1, -0.05) is 59.9 Å². The van der Waals surface area contributed by atoms with Crippen LogP contribution in [0.1, 0.15) is 10.5 Å². The Hall–Kier alpha value is -2.66. The van der Waals surface area contributed by atoms with Crippen LogP contribution < -0.4 is 9.80 Å². The first kappa shape index (κ1) is 15.8. The third-order valence-electron chi connectivity index (χ3n) is 4.46. The highest BCUT2D eigenvalue weighted by atomic mass is 32.1. The van der Waals surface area contributed by atoms with Crippen LogP contribution in [0.3, 0.4) is 0 Å². The first-order valence-corrected chi connectivity index (χ1v) is 9.23. The van der Waals surface area contributed by atoms with E-state index in [1.807, 2.05) is 36.4 Å². The quantitative estimate of drug-likeness (QED) is 0.668. The summed E-state index contributed by atoms with van der Waals surface area (Å²) in [6, 6.07) is 20.5. The number of carbonyl (C=O) groups is 1. The van der Waals surface area contributed by atoms with Crippen molar-refractivity contribution in [2.45, 2.75) is 0 Å². The molecule has 0 atom stereocenters. The number of thiazole rings is 1. The van der Waals surface area contributed by atoms with Gasteiger partial charge in [0.25, 0.3) is 0 Å². The molecule has 0 unspecified atom stereocenters. The molecule has 1 aromatic heterocycles. The summed E-state index contributed by atoms with van der Waals surface area (Å²) < 4.78 is 0. The molecule has 4 nitrogen and oxygen atoms in total. The van der Waals surface area contributed by atoms with Crippen molar-refractivity contribution in [3.05, 3.63) is 66.4 Å². The predicted octanol–water partition coefficient (Wildman–Crippen LogP) is 3.95. The maximum Gasteiger partial charge on any atom is 0.171 e. The van der Waals surface area contributed by atoms with Gasteiger partial charge < -0.3 is 9.80 Å². The van der Waals surface area contributed by atoms with Crippen molar-refractivity contribution in [1.29, 1.82) is 0 Å². The highest BCUT2D eigenvalue weighted by molar-refractivity contribution is 7.19. The second-order valence-corrected chi connectivity index (χ2v) is 6.98. The van der Waals surface area contributed by atoms with Gasteiger partial charge in [-0.15, -0.1) is 0 Å². The average Bonchev–Trinajstić information content (AvgIpc) is 3.14. The number of carbonyl (C=O) groups excluding carboxylic acids is 1. The van der Waals surface area contributed by atoms with Gasteiger partial charge in [-0.3, -0.25) is 4.79 Å². The molecule has 0 bridgehead atoms. The predicted molar refractivity (Wildman–Crippen MR) is 104 cm³/mol. The van der Waals surface area contributed by atoms with Crippen LogP contribution in [-0.4, -0.2) is 37.4 Å². The normalized spacial score (nSPS) is 14.6. The van der Waals surface area contributed by atoms with Gasteiger partial charge in [0, 0.05) is 37.4 Å². The lowest BCUT2D eigenvalue weighted by Crippen LogP contribution is -2.46. The Balaban J connectivity index is 1.53. The van der Waals surface area contributed by atoms with E-state index in [-0.39, 0.29) is 0 Å². The zero-order valence-corrected chi connectivity index (χ0v) is 14.7. The summed E-state index contributed by atoms with van der Waals surface area (Å²) in [4.78, 5) is 20.7. The van der Waals surface area contributed by atoms with Crippen molar-refractivity contribution in [2.75, 3.05) is 36.0 Å². The zero-order valence-electron chi connectivity index (χ0n) is 13.8. The topological polar surface area (TPSA) is 36.4 Å². The van der Waals surface area contributed by atoms with Gasteiger partial charge in [0.2, 0.25) is 0 Å². The fourth-order valence-electron chi connectivity index (χ4n) is 3.14. The van der Waals surface area contributed by atoms with E-state index in [4.69, 9.17) is 0 Å². The minimum atomic E-state index is 0.553. The number of nitrogens with zero attached hydrogens (tertiary/aromatic N) is 3. The van der Waals surface area contributed by atoms with Crippen molar-refractivity contribution in [2.24, 2.45) is 0 Å². The summed E-state index contributed by atoms with van der Waals surface area (Å²) in [5.41, 5.74) is 2.87. The molecule has 1 aliphatic heterocycles. The van der Waals surface area contributed by atoms with E-state index in [9.17, 15) is 4.79 Å². The number of hydrogen-bond acceptors (Lipinski definition) is 5. The highest BCUT2D eigenvalue weighted by Gasteiger charge is 2.22. The summed E-state index contributed by atoms with van der Waals surface area (Å²) in [5.74, 6) is 0. The Labute approximate surface area is 151 Å². The summed E-state index contributed by atoms with van der Waals surface area (Å²) in [5, 5.41) is 1.89. The standard InChI is InChI=1S/C20H19N3OS/c24-15-18-20(25-19(21-18)16-7-3-1-4-8-16)23-13-11-22(12-14-23)17-9-5-2-6-10-17/h1-10,15H,11-14H2. The van der Waals surface area contributed by atoms with Crippen LogP contribution in [0.25, 0.3) is 10.6 Å². The second-order valence-electron chi connectivity index (χ2n) is 6.00. The lowest BCUT2D eigenvalue weighted by Gasteiger charge is -2.36. The molecule has 0 aliphatic carbocycles. The molecule has 0 N–H and O–H groups in total. The molecule has 4 rings (SSSR count). The maximum atomic E-state index is 11.5. The van der Waals surface area contributed by atoms with Crippen LogP contribution in [-0.2, 0) is 0 Å². The molecular formula is C20H19N3OS. The fourth-order valence-corrected chi connectivity index (χ4v) is 4.23. The maximum absolute atomic E-state index is 11.5. The third kappa shape index (κ3) is 3.28. The summed E-state index contributed by atoms with van der Waals surface area (Å²) in [7, 11) is 0. The number of anilines is 2. The monoisotopic (exact) mass is 349 g/mol. The van der Waals surface area contributed by atoms with Crippen LogP contribution in [0.15, 0.2) is 60.7 Å². The Morgan fingerprint density at radius 1 is 0.840 bits per heavy atom. The van der Waals surface area contributed by atoms with Gasteiger partial charge in [-0.25, -0.2) is 4.98 Å². The Morgan fingerprint density at radius 2 is 1.44 bits per heavy atom. The molecule has 126 valence electrons. The number of benzene rings is 2. The molecule has 5 heteroatoms. The molecule has 0 amide bonds. The van der Waals surface area contributed by atoms with Crippen LogP contribution >= 0.6 is 11.3 Å². The zero-order chi connectivity index (χ0) is 17.1. The molecular weight excluding hydrogens is 330 g/mol. The van der Waals surface area contributed by atoms with Crippen LogP contribution in [0.5, 0.6) is 0 Å². The minimum absolute atomic E-state index is 0.553. The number of hydrogen-bond donors (Lipinski definition) is 0. The van der Waals surface area contributed by atoms with Gasteiger partial charge >= 0.3 is 0 Å². The summed E-state index contributed by atoms with van der Waals surface area (Å²) in [6.45, 7) is 3.68. The molecule has 1 saturated heterocycles. The molecule has 1 fully saturated rings. The van der Waals surface area contributed by atoms with Gasteiger partial charge in [0.1, 0.15) is 15.7 Å². The van der Waals surface area contributed by atoms with E-state index >= 15 is 0 Å². The van der Waals surface area contributed by atoms with E-state index in [1.165, 1.54) is 5.69 Å². The molecule has 25 heavy (non-hydrogen) atoms. The average molecular weight is 349 g/mol. The van der Waals surface area contributed by atoms with Gasteiger partial charge in [0.15, 0.2) is 6.29 Å². The Bertz CT molecular complexity index is 840. The molecule has 1 aliphatic rings. The van der Waals surface area contributed by atoms with Crippen molar-refractivity contribution in [1.82, 2.24) is 4.98 Å². The van der Waals surface area contributed by atoms with Gasteiger partial charge in [-0.2, -0.15) is 0 Å². The van der Waals surface area contributed by atoms with Crippen molar-refractivity contribution in [3.8, 4) is 10.6 Å². The molecule has 2 heterocycles. The second kappa shape index (κ2) is 7.07. The molecule has 0 radical (unpaired) electrons. The van der Waals surface area contributed by atoms with E-state index in [0.29, 0.717) is 5.69 Å². The van der Waals surface area contributed by atoms with Crippen LogP contribution in [0, 0.1) is 0 Å². The van der Waals surface area contributed by atoms with Crippen LogP contribution in [0.4, 0.5) is 10.7 Å². The van der Waals surface area contributed by atoms with E-state index in [1.54, 1.807) is 11.3 Å². The largest absolute Gasteiger partial charge is 0.368 e. The molecule has 0 saturated carbocycles. The number of aromatic nitrogens is 1. The Kier molecular flexibility index (Phi) is 4.48. The number of piperazine rings is 1. The fraction of sp³-hybridized carbons (Fsp3) is 0.200. The third-order valence-corrected chi connectivity index (χ3v) is 5.64. The lowest BCUT2D eigenvalue weighted by atomic mass is 10.2. The number of rotatable bonds is 4. The summed E-state index contributed by atoms with van der Waals surface area (Å²) in [6.07, 6.45) is 0.877. The molecule has 2 aromatic carbocycles. The SMILES string of the molecule is O=Cc1nc(-c2ccccc2)sc1N1CCN(c2ccccc2)CC1. The van der Waals surface area contributed by atoms with E-state index < -0.39 is 0 Å².